The van der Waals surface area contributed by atoms with Gasteiger partial charge in [0.25, 0.3) is 5.91 Å². The van der Waals surface area contributed by atoms with Crippen LogP contribution in [-0.2, 0) is 0 Å². The van der Waals surface area contributed by atoms with Crippen LogP contribution in [0.5, 0.6) is 0 Å². The summed E-state index contributed by atoms with van der Waals surface area (Å²) in [5, 5.41) is 6.36. The number of thiazole rings is 1. The Hall–Kier alpha value is -2.64. The van der Waals surface area contributed by atoms with Crippen LogP contribution in [0.3, 0.4) is 0 Å². The molecule has 3 aromatic rings. The maximum atomic E-state index is 12.9. The number of amides is 1. The monoisotopic (exact) mass is 427 g/mol. The number of nitrogens with zero attached hydrogens (tertiary/aromatic N) is 4. The Morgan fingerprint density at radius 3 is 2.66 bits per heavy atom. The van der Waals surface area contributed by atoms with Gasteiger partial charge >= 0.3 is 0 Å². The summed E-state index contributed by atoms with van der Waals surface area (Å²) in [6.45, 7) is 6.88. The van der Waals surface area contributed by atoms with Crippen molar-refractivity contribution in [2.24, 2.45) is 0 Å². The molecule has 0 unspecified atom stereocenters. The topological polar surface area (TPSA) is 61.4 Å². The van der Waals surface area contributed by atoms with Crippen molar-refractivity contribution in [3.63, 3.8) is 0 Å². The Morgan fingerprint density at radius 1 is 1.10 bits per heavy atom. The molecule has 1 aromatic carbocycles. The first-order chi connectivity index (χ1) is 14.0. The summed E-state index contributed by atoms with van der Waals surface area (Å²) in [5.41, 5.74) is 3.72. The van der Waals surface area contributed by atoms with Gasteiger partial charge in [0.05, 0.1) is 0 Å². The summed E-state index contributed by atoms with van der Waals surface area (Å²) in [5.74, 6) is 0.692. The van der Waals surface area contributed by atoms with E-state index >= 15 is 0 Å². The number of aromatic nitrogens is 2. The van der Waals surface area contributed by atoms with E-state index < -0.39 is 0 Å². The second-order valence-corrected chi connectivity index (χ2v) is 8.33. The molecule has 6 nitrogen and oxygen atoms in total. The van der Waals surface area contributed by atoms with Crippen molar-refractivity contribution >= 4 is 45.5 Å². The van der Waals surface area contributed by atoms with E-state index in [1.54, 1.807) is 5.38 Å². The first-order valence-corrected chi connectivity index (χ1v) is 10.7. The number of carbonyl (C=O) groups excluding carboxylic acids is 1. The zero-order chi connectivity index (χ0) is 20.4. The zero-order valence-electron chi connectivity index (χ0n) is 16.4. The minimum atomic E-state index is -0.0334. The number of piperazine rings is 1. The SMILES string of the molecule is Cc1cccc(Nc2nc(C(=O)N3CCN(c4cc(Cl)ccc4C)CC3)cs2)n1. The number of halogens is 1. The fraction of sp³-hybridized carbons (Fsp3) is 0.286. The van der Waals surface area contributed by atoms with Crippen molar-refractivity contribution in [2.45, 2.75) is 13.8 Å². The minimum Gasteiger partial charge on any atom is -0.368 e. The molecular weight excluding hydrogens is 406 g/mol. The van der Waals surface area contributed by atoms with Crippen LogP contribution in [0.4, 0.5) is 16.6 Å². The lowest BCUT2D eigenvalue weighted by Gasteiger charge is -2.36. The first kappa shape index (κ1) is 19.7. The van der Waals surface area contributed by atoms with Crippen molar-refractivity contribution in [1.29, 1.82) is 0 Å². The number of hydrogen-bond donors (Lipinski definition) is 1. The third-order valence-corrected chi connectivity index (χ3v) is 5.92. The van der Waals surface area contributed by atoms with Crippen molar-refractivity contribution in [3.8, 4) is 0 Å². The molecule has 150 valence electrons. The molecular formula is C21H22ClN5OS. The molecule has 2 aromatic heterocycles. The molecule has 1 aliphatic heterocycles. The van der Waals surface area contributed by atoms with Crippen LogP contribution in [-0.4, -0.2) is 47.0 Å². The van der Waals surface area contributed by atoms with E-state index in [0.717, 1.165) is 35.3 Å². The highest BCUT2D eigenvalue weighted by atomic mass is 35.5. The molecule has 0 saturated carbocycles. The van der Waals surface area contributed by atoms with Gasteiger partial charge in [0.15, 0.2) is 5.13 Å². The smallest absolute Gasteiger partial charge is 0.273 e. The highest BCUT2D eigenvalue weighted by molar-refractivity contribution is 7.14. The number of anilines is 3. The molecule has 0 spiro atoms. The van der Waals surface area contributed by atoms with E-state index in [4.69, 9.17) is 11.6 Å². The Morgan fingerprint density at radius 2 is 1.90 bits per heavy atom. The Labute approximate surface area is 179 Å². The number of pyridine rings is 1. The molecule has 1 fully saturated rings. The number of carbonyl (C=O) groups is 1. The maximum absolute atomic E-state index is 12.9. The molecule has 0 bridgehead atoms. The predicted octanol–water partition coefficient (Wildman–Crippen LogP) is 4.51. The fourth-order valence-electron chi connectivity index (χ4n) is 3.39. The van der Waals surface area contributed by atoms with Crippen molar-refractivity contribution in [2.75, 3.05) is 36.4 Å². The average molecular weight is 428 g/mol. The van der Waals surface area contributed by atoms with Crippen LogP contribution in [0, 0.1) is 13.8 Å². The third kappa shape index (κ3) is 4.52. The van der Waals surface area contributed by atoms with Crippen molar-refractivity contribution < 1.29 is 4.79 Å². The lowest BCUT2D eigenvalue weighted by atomic mass is 10.1. The van der Waals surface area contributed by atoms with Gasteiger partial charge in [-0.2, -0.15) is 0 Å². The van der Waals surface area contributed by atoms with Crippen LogP contribution in [0.1, 0.15) is 21.7 Å². The standard InChI is InChI=1S/C21H22ClN5OS/c1-14-6-7-16(22)12-18(14)26-8-10-27(11-9-26)20(28)17-13-29-21(24-17)25-19-5-3-4-15(2)23-19/h3-7,12-13H,8-11H2,1-2H3,(H,23,24,25). The maximum Gasteiger partial charge on any atom is 0.273 e. The second kappa shape index (κ2) is 8.39. The highest BCUT2D eigenvalue weighted by Gasteiger charge is 2.24. The molecule has 29 heavy (non-hydrogen) atoms. The lowest BCUT2D eigenvalue weighted by Crippen LogP contribution is -2.49. The van der Waals surface area contributed by atoms with E-state index in [9.17, 15) is 4.79 Å². The molecule has 4 rings (SSSR count). The summed E-state index contributed by atoms with van der Waals surface area (Å²) in [6, 6.07) is 11.7. The summed E-state index contributed by atoms with van der Waals surface area (Å²) in [7, 11) is 0. The van der Waals surface area contributed by atoms with Gasteiger partial charge in [0.2, 0.25) is 0 Å². The Kier molecular flexibility index (Phi) is 5.69. The van der Waals surface area contributed by atoms with Gasteiger partial charge in [0.1, 0.15) is 11.5 Å². The number of aryl methyl sites for hydroxylation is 2. The summed E-state index contributed by atoms with van der Waals surface area (Å²) in [6.07, 6.45) is 0. The molecule has 1 amide bonds. The molecule has 1 N–H and O–H groups in total. The fourth-order valence-corrected chi connectivity index (χ4v) is 4.24. The number of nitrogens with one attached hydrogen (secondary N) is 1. The number of rotatable bonds is 4. The Bertz CT molecular complexity index is 1030. The van der Waals surface area contributed by atoms with Gasteiger partial charge in [-0.15, -0.1) is 11.3 Å². The summed E-state index contributed by atoms with van der Waals surface area (Å²) >= 11 is 7.56. The van der Waals surface area contributed by atoms with Crippen molar-refractivity contribution in [3.05, 3.63) is 63.8 Å². The predicted molar refractivity (Wildman–Crippen MR) is 119 cm³/mol. The summed E-state index contributed by atoms with van der Waals surface area (Å²) < 4.78 is 0. The third-order valence-electron chi connectivity index (χ3n) is 4.93. The van der Waals surface area contributed by atoms with Gasteiger partial charge in [-0.1, -0.05) is 23.7 Å². The first-order valence-electron chi connectivity index (χ1n) is 9.46. The Balaban J connectivity index is 1.39. The van der Waals surface area contributed by atoms with E-state index in [1.807, 2.05) is 48.2 Å². The molecule has 3 heterocycles. The van der Waals surface area contributed by atoms with Gasteiger partial charge in [-0.05, 0) is 43.7 Å². The van der Waals surface area contributed by atoms with Gasteiger partial charge in [-0.3, -0.25) is 4.79 Å². The van der Waals surface area contributed by atoms with Crippen LogP contribution in [0.2, 0.25) is 5.02 Å². The quantitative estimate of drug-likeness (QED) is 0.663. The molecule has 1 aliphatic rings. The molecule has 0 aliphatic carbocycles. The number of hydrogen-bond acceptors (Lipinski definition) is 6. The van der Waals surface area contributed by atoms with E-state index in [-0.39, 0.29) is 5.91 Å². The molecule has 0 atom stereocenters. The zero-order valence-corrected chi connectivity index (χ0v) is 17.9. The van der Waals surface area contributed by atoms with E-state index in [0.29, 0.717) is 23.9 Å². The lowest BCUT2D eigenvalue weighted by molar-refractivity contribution is 0.0742. The summed E-state index contributed by atoms with van der Waals surface area (Å²) in [4.78, 5) is 25.9. The van der Waals surface area contributed by atoms with E-state index in [2.05, 4.69) is 27.1 Å². The van der Waals surface area contributed by atoms with Gasteiger partial charge in [0, 0.05) is 48.0 Å². The van der Waals surface area contributed by atoms with Crippen LogP contribution >= 0.6 is 22.9 Å². The van der Waals surface area contributed by atoms with Gasteiger partial charge in [-0.25, -0.2) is 9.97 Å². The second-order valence-electron chi connectivity index (χ2n) is 7.04. The van der Waals surface area contributed by atoms with Crippen LogP contribution in [0.25, 0.3) is 0 Å². The number of benzene rings is 1. The van der Waals surface area contributed by atoms with Crippen LogP contribution in [0.15, 0.2) is 41.8 Å². The molecule has 1 saturated heterocycles. The molecule has 0 radical (unpaired) electrons. The van der Waals surface area contributed by atoms with E-state index in [1.165, 1.54) is 16.9 Å². The average Bonchev–Trinajstić information content (AvgIpc) is 3.18. The minimum absolute atomic E-state index is 0.0334. The van der Waals surface area contributed by atoms with Crippen LogP contribution < -0.4 is 10.2 Å². The molecule has 8 heteroatoms. The highest BCUT2D eigenvalue weighted by Crippen LogP contribution is 2.26. The normalized spacial score (nSPS) is 14.2. The largest absolute Gasteiger partial charge is 0.368 e. The van der Waals surface area contributed by atoms with Gasteiger partial charge < -0.3 is 15.1 Å². The van der Waals surface area contributed by atoms with Crippen molar-refractivity contribution in [1.82, 2.24) is 14.9 Å².